The molecule has 5 heteroatoms. The van der Waals surface area contributed by atoms with Crippen LogP contribution < -0.4 is 5.32 Å². The molecule has 0 saturated heterocycles. The summed E-state index contributed by atoms with van der Waals surface area (Å²) >= 11 is 0. The zero-order valence-corrected chi connectivity index (χ0v) is 12.6. The van der Waals surface area contributed by atoms with Crippen LogP contribution in [0.3, 0.4) is 0 Å². The van der Waals surface area contributed by atoms with Crippen LogP contribution in [0.4, 0.5) is 8.78 Å². The highest BCUT2D eigenvalue weighted by Crippen LogP contribution is 2.13. The predicted molar refractivity (Wildman–Crippen MR) is 81.4 cm³/mol. The number of carbonyl (C=O) groups excluding carboxylic acids is 1. The summed E-state index contributed by atoms with van der Waals surface area (Å²) in [6.45, 7) is 1.15. The fourth-order valence-electron chi connectivity index (χ4n) is 2.22. The number of halogens is 2. The van der Waals surface area contributed by atoms with Gasteiger partial charge in [0.1, 0.15) is 0 Å². The van der Waals surface area contributed by atoms with E-state index in [0.717, 1.165) is 11.6 Å². The topological polar surface area (TPSA) is 32.3 Å². The maximum atomic E-state index is 13.2. The lowest BCUT2D eigenvalue weighted by Gasteiger charge is -2.17. The maximum absolute atomic E-state index is 13.2. The van der Waals surface area contributed by atoms with Crippen LogP contribution in [0.15, 0.2) is 42.5 Å². The molecule has 22 heavy (non-hydrogen) atoms. The Labute approximate surface area is 128 Å². The second kappa shape index (κ2) is 7.13. The van der Waals surface area contributed by atoms with Crippen LogP contribution in [0.5, 0.6) is 0 Å². The molecule has 0 unspecified atom stereocenters. The first-order chi connectivity index (χ1) is 10.5. The van der Waals surface area contributed by atoms with Gasteiger partial charge >= 0.3 is 0 Å². The number of hydrogen-bond donors (Lipinski definition) is 1. The Kier molecular flexibility index (Phi) is 5.22. The van der Waals surface area contributed by atoms with Crippen molar-refractivity contribution in [2.75, 3.05) is 14.1 Å². The number of hydrogen-bond acceptors (Lipinski definition) is 2. The van der Waals surface area contributed by atoms with Crippen LogP contribution in [-0.2, 0) is 13.1 Å². The molecule has 116 valence electrons. The van der Waals surface area contributed by atoms with Crippen LogP contribution in [0.1, 0.15) is 21.5 Å². The molecular formula is C17H18F2N2O. The molecule has 0 radical (unpaired) electrons. The third kappa shape index (κ3) is 4.11. The summed E-state index contributed by atoms with van der Waals surface area (Å²) in [7, 11) is 3.49. The summed E-state index contributed by atoms with van der Waals surface area (Å²) in [4.78, 5) is 13.4. The van der Waals surface area contributed by atoms with Crippen molar-refractivity contribution in [1.29, 1.82) is 0 Å². The number of amides is 1. The first kappa shape index (κ1) is 16.1. The van der Waals surface area contributed by atoms with E-state index < -0.39 is 11.6 Å². The van der Waals surface area contributed by atoms with Gasteiger partial charge in [0.15, 0.2) is 11.6 Å². The smallest absolute Gasteiger partial charge is 0.251 e. The van der Waals surface area contributed by atoms with Crippen LogP contribution >= 0.6 is 0 Å². The Balaban J connectivity index is 1.97. The van der Waals surface area contributed by atoms with Crippen molar-refractivity contribution in [3.05, 3.63) is 70.8 Å². The highest BCUT2D eigenvalue weighted by Gasteiger charge is 2.07. The minimum Gasteiger partial charge on any atom is -0.355 e. The van der Waals surface area contributed by atoms with Crippen molar-refractivity contribution in [2.45, 2.75) is 13.1 Å². The molecule has 0 heterocycles. The van der Waals surface area contributed by atoms with Crippen molar-refractivity contribution >= 4 is 5.91 Å². The van der Waals surface area contributed by atoms with E-state index in [4.69, 9.17) is 0 Å². The number of carbonyl (C=O) groups is 1. The highest BCUT2D eigenvalue weighted by atomic mass is 19.2. The molecule has 0 atom stereocenters. The molecule has 1 amide bonds. The van der Waals surface area contributed by atoms with Gasteiger partial charge in [-0.2, -0.15) is 0 Å². The molecule has 0 aliphatic heterocycles. The third-order valence-corrected chi connectivity index (χ3v) is 3.33. The van der Waals surface area contributed by atoms with Gasteiger partial charge in [-0.05, 0) is 42.4 Å². The minimum absolute atomic E-state index is 0.123. The van der Waals surface area contributed by atoms with E-state index in [2.05, 4.69) is 5.32 Å². The lowest BCUT2D eigenvalue weighted by atomic mass is 10.1. The van der Waals surface area contributed by atoms with E-state index in [-0.39, 0.29) is 5.91 Å². The van der Waals surface area contributed by atoms with Gasteiger partial charge in [-0.25, -0.2) is 8.78 Å². The molecule has 3 nitrogen and oxygen atoms in total. The molecular weight excluding hydrogens is 286 g/mol. The molecule has 2 aromatic rings. The van der Waals surface area contributed by atoms with Gasteiger partial charge in [-0.1, -0.05) is 18.2 Å². The summed E-state index contributed by atoms with van der Waals surface area (Å²) in [6.07, 6.45) is 0. The molecule has 0 aliphatic rings. The fourth-order valence-corrected chi connectivity index (χ4v) is 2.22. The van der Waals surface area contributed by atoms with Crippen molar-refractivity contribution in [2.24, 2.45) is 0 Å². The average Bonchev–Trinajstić information content (AvgIpc) is 2.51. The summed E-state index contributed by atoms with van der Waals surface area (Å²) in [6, 6.07) is 11.2. The van der Waals surface area contributed by atoms with Crippen molar-refractivity contribution < 1.29 is 13.6 Å². The largest absolute Gasteiger partial charge is 0.355 e. The number of nitrogens with zero attached hydrogens (tertiary/aromatic N) is 1. The Morgan fingerprint density at radius 3 is 2.18 bits per heavy atom. The van der Waals surface area contributed by atoms with E-state index in [1.807, 2.05) is 24.1 Å². The molecule has 0 aliphatic carbocycles. The molecule has 0 spiro atoms. The quantitative estimate of drug-likeness (QED) is 0.921. The van der Waals surface area contributed by atoms with Crippen molar-refractivity contribution in [3.63, 3.8) is 0 Å². The lowest BCUT2D eigenvalue weighted by Crippen LogP contribution is -2.19. The summed E-state index contributed by atoms with van der Waals surface area (Å²) in [5.74, 6) is -1.79. The molecule has 0 saturated carbocycles. The number of nitrogens with one attached hydrogen (secondary N) is 1. The van der Waals surface area contributed by atoms with Gasteiger partial charge in [0.2, 0.25) is 0 Å². The van der Waals surface area contributed by atoms with Gasteiger partial charge in [-0.15, -0.1) is 0 Å². The Morgan fingerprint density at radius 1 is 1.00 bits per heavy atom. The van der Waals surface area contributed by atoms with E-state index in [0.29, 0.717) is 24.2 Å². The Bertz CT molecular complexity index is 656. The van der Waals surface area contributed by atoms with E-state index >= 15 is 0 Å². The third-order valence-electron chi connectivity index (χ3n) is 3.33. The highest BCUT2D eigenvalue weighted by molar-refractivity contribution is 5.93. The maximum Gasteiger partial charge on any atom is 0.251 e. The predicted octanol–water partition coefficient (Wildman–Crippen LogP) is 2.96. The van der Waals surface area contributed by atoms with E-state index in [1.54, 1.807) is 25.2 Å². The SMILES string of the molecule is CNC(=O)c1ccc(CN(C)Cc2ccc(F)c(F)c2)cc1. The second-order valence-electron chi connectivity index (χ2n) is 5.20. The summed E-state index contributed by atoms with van der Waals surface area (Å²) < 4.78 is 26.1. The van der Waals surface area contributed by atoms with Crippen LogP contribution in [0.2, 0.25) is 0 Å². The van der Waals surface area contributed by atoms with Crippen LogP contribution in [-0.4, -0.2) is 24.9 Å². The Hall–Kier alpha value is -2.27. The minimum atomic E-state index is -0.837. The lowest BCUT2D eigenvalue weighted by molar-refractivity contribution is 0.0963. The first-order valence-corrected chi connectivity index (χ1v) is 6.93. The summed E-state index contributed by atoms with van der Waals surface area (Å²) in [5, 5.41) is 2.57. The summed E-state index contributed by atoms with van der Waals surface area (Å²) in [5.41, 5.74) is 2.36. The zero-order valence-electron chi connectivity index (χ0n) is 12.6. The van der Waals surface area contributed by atoms with E-state index in [1.165, 1.54) is 6.07 Å². The van der Waals surface area contributed by atoms with E-state index in [9.17, 15) is 13.6 Å². The van der Waals surface area contributed by atoms with Gasteiger partial charge in [0, 0.05) is 25.7 Å². The van der Waals surface area contributed by atoms with Gasteiger partial charge in [-0.3, -0.25) is 9.69 Å². The van der Waals surface area contributed by atoms with Crippen LogP contribution in [0, 0.1) is 11.6 Å². The van der Waals surface area contributed by atoms with Gasteiger partial charge < -0.3 is 5.32 Å². The standard InChI is InChI=1S/C17H18F2N2O/c1-20-17(22)14-6-3-12(4-7-14)10-21(2)11-13-5-8-15(18)16(19)9-13/h3-9H,10-11H2,1-2H3,(H,20,22). The first-order valence-electron chi connectivity index (χ1n) is 6.93. The molecule has 0 aromatic heterocycles. The van der Waals surface area contributed by atoms with Crippen LogP contribution in [0.25, 0.3) is 0 Å². The monoisotopic (exact) mass is 304 g/mol. The van der Waals surface area contributed by atoms with Crippen molar-refractivity contribution in [1.82, 2.24) is 10.2 Å². The fraction of sp³-hybridized carbons (Fsp3) is 0.235. The number of rotatable bonds is 5. The van der Waals surface area contributed by atoms with Gasteiger partial charge in [0.25, 0.3) is 5.91 Å². The van der Waals surface area contributed by atoms with Gasteiger partial charge in [0.05, 0.1) is 0 Å². The Morgan fingerprint density at radius 2 is 1.59 bits per heavy atom. The molecule has 0 bridgehead atoms. The van der Waals surface area contributed by atoms with Crippen molar-refractivity contribution in [3.8, 4) is 0 Å². The second-order valence-corrected chi connectivity index (χ2v) is 5.20. The number of benzene rings is 2. The molecule has 1 N–H and O–H groups in total. The zero-order chi connectivity index (χ0) is 16.1. The molecule has 2 rings (SSSR count). The normalized spacial score (nSPS) is 10.8. The average molecular weight is 304 g/mol. The molecule has 2 aromatic carbocycles. The molecule has 0 fully saturated rings.